The maximum Gasteiger partial charge on any atom is 0.253 e. The van der Waals surface area contributed by atoms with Crippen LogP contribution >= 0.6 is 11.6 Å². The summed E-state index contributed by atoms with van der Waals surface area (Å²) in [5, 5.41) is 5.22. The van der Waals surface area contributed by atoms with Crippen LogP contribution in [0, 0.1) is 6.92 Å². The molecule has 94 valence electrons. The molecular weight excluding hydrogens is 264 g/mol. The van der Waals surface area contributed by atoms with Crippen LogP contribution in [0.1, 0.15) is 15.9 Å². The first kappa shape index (κ1) is 14.0. The molecule has 0 heterocycles. The normalized spacial score (nSPS) is 11.4. The lowest BCUT2D eigenvalue weighted by Crippen LogP contribution is -2.24. The number of carbonyl (C=O) groups is 1. The summed E-state index contributed by atoms with van der Waals surface area (Å²) in [6, 6.07) is 2.66. The molecule has 5 nitrogen and oxygen atoms in total. The van der Waals surface area contributed by atoms with Crippen LogP contribution in [0.15, 0.2) is 17.0 Å². The zero-order valence-electron chi connectivity index (χ0n) is 9.69. The fourth-order valence-corrected chi connectivity index (χ4v) is 2.52. The second-order valence-corrected chi connectivity index (χ2v) is 5.79. The van der Waals surface area contributed by atoms with E-state index in [1.807, 2.05) is 0 Å². The van der Waals surface area contributed by atoms with Crippen molar-refractivity contribution in [3.63, 3.8) is 0 Å². The average Bonchev–Trinajstić information content (AvgIpc) is 2.18. The Morgan fingerprint density at radius 1 is 1.35 bits per heavy atom. The second kappa shape index (κ2) is 4.64. The van der Waals surface area contributed by atoms with E-state index in [-0.39, 0.29) is 21.4 Å². The first-order valence-corrected chi connectivity index (χ1v) is 6.61. The van der Waals surface area contributed by atoms with Crippen molar-refractivity contribution < 1.29 is 13.2 Å². The molecule has 0 saturated carbocycles. The lowest BCUT2D eigenvalue weighted by molar-refractivity contribution is 0.0826. The van der Waals surface area contributed by atoms with Crippen molar-refractivity contribution in [2.75, 3.05) is 14.1 Å². The Kier molecular flexibility index (Phi) is 3.81. The van der Waals surface area contributed by atoms with E-state index in [2.05, 4.69) is 0 Å². The average molecular weight is 277 g/mol. The van der Waals surface area contributed by atoms with Crippen LogP contribution in [0.3, 0.4) is 0 Å². The summed E-state index contributed by atoms with van der Waals surface area (Å²) < 4.78 is 22.7. The van der Waals surface area contributed by atoms with Gasteiger partial charge in [-0.25, -0.2) is 13.6 Å². The molecule has 1 rings (SSSR count). The minimum Gasteiger partial charge on any atom is -0.345 e. The smallest absolute Gasteiger partial charge is 0.253 e. The van der Waals surface area contributed by atoms with Crippen LogP contribution in [0.5, 0.6) is 0 Å². The molecule has 7 heteroatoms. The standard InChI is InChI=1S/C10H13ClN2O3S/c1-6-8(10(14)13(2)3)4-7(11)5-9(6)17(12,15)16/h4-5H,1-3H3,(H2,12,15,16). The molecule has 0 aliphatic carbocycles. The maximum absolute atomic E-state index is 11.8. The molecule has 0 saturated heterocycles. The van der Waals surface area contributed by atoms with Crippen molar-refractivity contribution in [3.8, 4) is 0 Å². The van der Waals surface area contributed by atoms with Gasteiger partial charge in [0.15, 0.2) is 0 Å². The number of halogens is 1. The maximum atomic E-state index is 11.8. The van der Waals surface area contributed by atoms with Gasteiger partial charge in [0.1, 0.15) is 0 Å². The molecule has 0 unspecified atom stereocenters. The van der Waals surface area contributed by atoms with Gasteiger partial charge in [0.05, 0.1) is 4.90 Å². The largest absolute Gasteiger partial charge is 0.345 e. The number of benzene rings is 1. The van der Waals surface area contributed by atoms with Gasteiger partial charge in [0.2, 0.25) is 10.0 Å². The summed E-state index contributed by atoms with van der Waals surface area (Å²) in [6.07, 6.45) is 0. The van der Waals surface area contributed by atoms with E-state index < -0.39 is 10.0 Å². The predicted molar refractivity (Wildman–Crippen MR) is 65.6 cm³/mol. The monoisotopic (exact) mass is 276 g/mol. The van der Waals surface area contributed by atoms with Crippen LogP contribution in [0.4, 0.5) is 0 Å². The number of primary sulfonamides is 1. The summed E-state index contributed by atoms with van der Waals surface area (Å²) >= 11 is 5.79. The van der Waals surface area contributed by atoms with E-state index in [9.17, 15) is 13.2 Å². The van der Waals surface area contributed by atoms with Gasteiger partial charge in [0.25, 0.3) is 5.91 Å². The predicted octanol–water partition coefficient (Wildman–Crippen LogP) is 0.998. The molecule has 1 aromatic carbocycles. The highest BCUT2D eigenvalue weighted by Crippen LogP contribution is 2.24. The number of nitrogens with two attached hydrogens (primary N) is 1. The van der Waals surface area contributed by atoms with Crippen LogP contribution in [0.25, 0.3) is 0 Å². The quantitative estimate of drug-likeness (QED) is 0.875. The molecule has 17 heavy (non-hydrogen) atoms. The van der Waals surface area contributed by atoms with Crippen LogP contribution in [0.2, 0.25) is 5.02 Å². The Morgan fingerprint density at radius 3 is 2.29 bits per heavy atom. The second-order valence-electron chi connectivity index (χ2n) is 3.82. The molecule has 0 radical (unpaired) electrons. The summed E-state index contributed by atoms with van der Waals surface area (Å²) in [7, 11) is -0.755. The number of carbonyl (C=O) groups excluding carboxylic acids is 1. The molecule has 0 atom stereocenters. The van der Waals surface area contributed by atoms with Crippen LogP contribution < -0.4 is 5.14 Å². The Labute approximate surface area is 105 Å². The zero-order chi connectivity index (χ0) is 13.4. The molecule has 1 aromatic rings. The van der Waals surface area contributed by atoms with Gasteiger partial charge in [-0.1, -0.05) is 11.6 Å². The lowest BCUT2D eigenvalue weighted by Gasteiger charge is -2.14. The zero-order valence-corrected chi connectivity index (χ0v) is 11.3. The van der Waals surface area contributed by atoms with Gasteiger partial charge in [-0.05, 0) is 24.6 Å². The Morgan fingerprint density at radius 2 is 1.88 bits per heavy atom. The molecule has 0 aromatic heterocycles. The fourth-order valence-electron chi connectivity index (χ4n) is 1.41. The van der Waals surface area contributed by atoms with Crippen molar-refractivity contribution in [2.24, 2.45) is 5.14 Å². The minimum absolute atomic E-state index is 0.129. The number of amides is 1. The van der Waals surface area contributed by atoms with Gasteiger partial charge in [-0.3, -0.25) is 4.79 Å². The van der Waals surface area contributed by atoms with E-state index in [0.717, 1.165) is 0 Å². The van der Waals surface area contributed by atoms with E-state index in [0.29, 0.717) is 5.56 Å². The number of hydrogen-bond acceptors (Lipinski definition) is 3. The molecular formula is C10H13ClN2O3S. The summed E-state index contributed by atoms with van der Waals surface area (Å²) in [6.45, 7) is 1.52. The minimum atomic E-state index is -3.89. The number of sulfonamides is 1. The Bertz CT molecular complexity index is 567. The van der Waals surface area contributed by atoms with Crippen molar-refractivity contribution in [3.05, 3.63) is 28.3 Å². The van der Waals surface area contributed by atoms with Crippen molar-refractivity contribution in [2.45, 2.75) is 11.8 Å². The molecule has 0 aliphatic heterocycles. The van der Waals surface area contributed by atoms with Crippen molar-refractivity contribution in [1.29, 1.82) is 0 Å². The molecule has 0 spiro atoms. The van der Waals surface area contributed by atoms with E-state index in [4.69, 9.17) is 16.7 Å². The fraction of sp³-hybridized carbons (Fsp3) is 0.300. The number of rotatable bonds is 2. The third kappa shape index (κ3) is 2.96. The highest BCUT2D eigenvalue weighted by atomic mass is 35.5. The highest BCUT2D eigenvalue weighted by Gasteiger charge is 2.20. The first-order valence-electron chi connectivity index (χ1n) is 4.69. The third-order valence-corrected chi connectivity index (χ3v) is 3.52. The van der Waals surface area contributed by atoms with Gasteiger partial charge in [0, 0.05) is 24.7 Å². The third-order valence-electron chi connectivity index (χ3n) is 2.27. The van der Waals surface area contributed by atoms with Gasteiger partial charge >= 0.3 is 0 Å². The topological polar surface area (TPSA) is 80.5 Å². The highest BCUT2D eigenvalue weighted by molar-refractivity contribution is 7.89. The molecule has 1 amide bonds. The van der Waals surface area contributed by atoms with Gasteiger partial charge in [-0.2, -0.15) is 0 Å². The van der Waals surface area contributed by atoms with Gasteiger partial charge in [-0.15, -0.1) is 0 Å². The van der Waals surface area contributed by atoms with E-state index in [1.165, 1.54) is 24.0 Å². The Balaban J connectivity index is 3.56. The summed E-state index contributed by atoms with van der Waals surface area (Å²) in [5.41, 5.74) is 0.530. The molecule has 0 fully saturated rings. The van der Waals surface area contributed by atoms with Gasteiger partial charge < -0.3 is 4.90 Å². The van der Waals surface area contributed by atoms with Crippen molar-refractivity contribution >= 4 is 27.5 Å². The molecule has 2 N–H and O–H groups in total. The number of hydrogen-bond donors (Lipinski definition) is 1. The van der Waals surface area contributed by atoms with E-state index in [1.54, 1.807) is 14.1 Å². The Hall–Kier alpha value is -1.11. The number of nitrogens with zero attached hydrogens (tertiary/aromatic N) is 1. The summed E-state index contributed by atoms with van der Waals surface area (Å²) in [5.74, 6) is -0.324. The van der Waals surface area contributed by atoms with E-state index >= 15 is 0 Å². The molecule has 0 aliphatic rings. The van der Waals surface area contributed by atoms with Crippen LogP contribution in [-0.2, 0) is 10.0 Å². The SMILES string of the molecule is Cc1c(C(=O)N(C)C)cc(Cl)cc1S(N)(=O)=O. The molecule has 0 bridgehead atoms. The van der Waals surface area contributed by atoms with Crippen molar-refractivity contribution in [1.82, 2.24) is 4.90 Å². The summed E-state index contributed by atoms with van der Waals surface area (Å²) in [4.78, 5) is 13.0. The first-order chi connectivity index (χ1) is 7.64. The van der Waals surface area contributed by atoms with Crippen LogP contribution in [-0.4, -0.2) is 33.3 Å². The lowest BCUT2D eigenvalue weighted by atomic mass is 10.1.